The van der Waals surface area contributed by atoms with E-state index in [1.165, 1.54) is 17.7 Å². The maximum absolute atomic E-state index is 12.2. The second-order valence-electron chi connectivity index (χ2n) is 6.77. The van der Waals surface area contributed by atoms with E-state index in [4.69, 9.17) is 0 Å². The summed E-state index contributed by atoms with van der Waals surface area (Å²) in [7, 11) is 0. The summed E-state index contributed by atoms with van der Waals surface area (Å²) in [5, 5.41) is 2.40. The molecule has 0 saturated carbocycles. The van der Waals surface area contributed by atoms with Crippen molar-refractivity contribution in [3.8, 4) is 5.75 Å². The van der Waals surface area contributed by atoms with Crippen LogP contribution in [0.1, 0.15) is 35.4 Å². The Bertz CT molecular complexity index is 905. The van der Waals surface area contributed by atoms with Crippen LogP contribution in [0.4, 0.5) is 8.78 Å². The number of hydrogen-bond acceptors (Lipinski definition) is 5. The molecule has 0 bridgehead atoms. The summed E-state index contributed by atoms with van der Waals surface area (Å²) >= 11 is 1.54. The Morgan fingerprint density at radius 2 is 1.82 bits per heavy atom. The average molecular weight is 404 g/mol. The number of halogens is 2. The van der Waals surface area contributed by atoms with E-state index < -0.39 is 6.61 Å². The van der Waals surface area contributed by atoms with Gasteiger partial charge in [0.25, 0.3) is 0 Å². The van der Waals surface area contributed by atoms with Gasteiger partial charge in [-0.1, -0.05) is 18.2 Å². The molecule has 146 valence electrons. The van der Waals surface area contributed by atoms with Crippen LogP contribution in [-0.2, 0) is 22.7 Å². The van der Waals surface area contributed by atoms with Gasteiger partial charge in [0.15, 0.2) is 0 Å². The Balaban J connectivity index is 1.41. The summed E-state index contributed by atoms with van der Waals surface area (Å²) in [5.41, 5.74) is 3.29. The van der Waals surface area contributed by atoms with Gasteiger partial charge in [0.05, 0.1) is 5.92 Å². The highest BCUT2D eigenvalue weighted by Crippen LogP contribution is 2.35. The molecular formula is C20H18F2N2O3S. The van der Waals surface area contributed by atoms with E-state index in [9.17, 15) is 18.4 Å². The van der Waals surface area contributed by atoms with Crippen LogP contribution in [-0.4, -0.2) is 22.7 Å². The molecule has 0 spiro atoms. The van der Waals surface area contributed by atoms with E-state index >= 15 is 0 Å². The lowest BCUT2D eigenvalue weighted by atomic mass is 9.89. The van der Waals surface area contributed by atoms with Crippen molar-refractivity contribution in [3.05, 3.63) is 59.2 Å². The zero-order valence-corrected chi connectivity index (χ0v) is 15.7. The first-order valence-corrected chi connectivity index (χ1v) is 9.68. The molecule has 0 radical (unpaired) electrons. The number of fused-ring (bicyclic) bond motifs is 1. The maximum Gasteiger partial charge on any atom is 0.387 e. The molecule has 0 aliphatic carbocycles. The Labute approximate surface area is 165 Å². The number of nitrogens with zero attached hydrogens (tertiary/aromatic N) is 1. The molecule has 8 heteroatoms. The van der Waals surface area contributed by atoms with Gasteiger partial charge in [0.2, 0.25) is 11.8 Å². The number of piperidine rings is 1. The van der Waals surface area contributed by atoms with E-state index in [0.717, 1.165) is 29.1 Å². The predicted molar refractivity (Wildman–Crippen MR) is 99.7 cm³/mol. The Hall–Kier alpha value is -2.45. The number of hydrogen-bond donors (Lipinski definition) is 1. The predicted octanol–water partition coefficient (Wildman–Crippen LogP) is 3.83. The average Bonchev–Trinajstić information content (AvgIpc) is 3.04. The Morgan fingerprint density at radius 1 is 1.07 bits per heavy atom. The van der Waals surface area contributed by atoms with Crippen LogP contribution in [0.15, 0.2) is 47.4 Å². The molecule has 1 fully saturated rings. The third kappa shape index (κ3) is 4.18. The van der Waals surface area contributed by atoms with E-state index in [1.54, 1.807) is 24.1 Å². The quantitative estimate of drug-likeness (QED) is 0.606. The second-order valence-corrected chi connectivity index (χ2v) is 7.94. The molecule has 2 amide bonds. The highest BCUT2D eigenvalue weighted by molar-refractivity contribution is 7.97. The minimum Gasteiger partial charge on any atom is -0.435 e. The first-order chi connectivity index (χ1) is 13.5. The largest absolute Gasteiger partial charge is 0.435 e. The van der Waals surface area contributed by atoms with Crippen LogP contribution in [0.2, 0.25) is 0 Å². The lowest BCUT2D eigenvalue weighted by Crippen LogP contribution is -2.39. The van der Waals surface area contributed by atoms with Crippen LogP contribution in [0.5, 0.6) is 5.75 Å². The van der Waals surface area contributed by atoms with Crippen molar-refractivity contribution in [1.82, 2.24) is 9.62 Å². The second kappa shape index (κ2) is 7.89. The Kier molecular flexibility index (Phi) is 5.32. The fourth-order valence-electron chi connectivity index (χ4n) is 3.51. The van der Waals surface area contributed by atoms with Crippen LogP contribution >= 0.6 is 11.9 Å². The lowest BCUT2D eigenvalue weighted by molar-refractivity contribution is -0.134. The summed E-state index contributed by atoms with van der Waals surface area (Å²) in [6, 6.07) is 12.6. The van der Waals surface area contributed by atoms with Gasteiger partial charge in [-0.05, 0) is 59.3 Å². The van der Waals surface area contributed by atoms with E-state index in [1.807, 2.05) is 12.1 Å². The molecule has 5 nitrogen and oxygen atoms in total. The SMILES string of the molecule is O=C1CCC(c2ccc3c(c2)CN(Sc2ccc(OC(F)F)cc2)C3)C(=O)N1. The van der Waals surface area contributed by atoms with Crippen LogP contribution < -0.4 is 10.1 Å². The van der Waals surface area contributed by atoms with Gasteiger partial charge < -0.3 is 4.74 Å². The first kappa shape index (κ1) is 18.9. The van der Waals surface area contributed by atoms with E-state index in [-0.39, 0.29) is 23.5 Å². The molecule has 1 unspecified atom stereocenters. The van der Waals surface area contributed by atoms with Crippen molar-refractivity contribution in [3.63, 3.8) is 0 Å². The zero-order chi connectivity index (χ0) is 19.7. The van der Waals surface area contributed by atoms with Gasteiger partial charge in [-0.15, -0.1) is 0 Å². The topological polar surface area (TPSA) is 58.6 Å². The monoisotopic (exact) mass is 404 g/mol. The zero-order valence-electron chi connectivity index (χ0n) is 14.9. The summed E-state index contributed by atoms with van der Waals surface area (Å²) in [4.78, 5) is 24.4. The van der Waals surface area contributed by atoms with Crippen molar-refractivity contribution >= 4 is 23.8 Å². The summed E-state index contributed by atoms with van der Waals surface area (Å²) in [5.74, 6) is -0.591. The molecule has 2 aliphatic heterocycles. The number of ether oxygens (including phenoxy) is 1. The van der Waals surface area contributed by atoms with Crippen molar-refractivity contribution in [1.29, 1.82) is 0 Å². The van der Waals surface area contributed by atoms with E-state index in [2.05, 4.69) is 20.4 Å². The molecule has 1 atom stereocenters. The van der Waals surface area contributed by atoms with Gasteiger partial charge >= 0.3 is 6.61 Å². The number of rotatable bonds is 5. The number of carbonyl (C=O) groups is 2. The van der Waals surface area contributed by atoms with Gasteiger partial charge in [-0.2, -0.15) is 8.78 Å². The smallest absolute Gasteiger partial charge is 0.387 e. The van der Waals surface area contributed by atoms with Crippen molar-refractivity contribution in [2.24, 2.45) is 0 Å². The molecule has 1 N–H and O–H groups in total. The number of carbonyl (C=O) groups excluding carboxylic acids is 2. The number of benzene rings is 2. The minimum atomic E-state index is -2.83. The summed E-state index contributed by atoms with van der Waals surface area (Å²) in [6.45, 7) is -1.36. The number of alkyl halides is 2. The molecule has 1 saturated heterocycles. The third-order valence-electron chi connectivity index (χ3n) is 4.85. The molecule has 2 aliphatic rings. The fourth-order valence-corrected chi connectivity index (χ4v) is 4.47. The minimum absolute atomic E-state index is 0.137. The molecule has 28 heavy (non-hydrogen) atoms. The van der Waals surface area contributed by atoms with Gasteiger partial charge in [-0.3, -0.25) is 14.9 Å². The molecule has 2 aromatic rings. The molecule has 4 rings (SSSR count). The standard InChI is InChI=1S/C20H18F2N2O3S/c21-20(22)27-15-3-5-16(6-4-15)28-24-10-13-2-1-12(9-14(13)11-24)17-7-8-18(25)23-19(17)26/h1-6,9,17,20H,7-8,10-11H2,(H,23,25,26). The number of nitrogens with one attached hydrogen (secondary N) is 1. The lowest BCUT2D eigenvalue weighted by Gasteiger charge is -2.21. The van der Waals surface area contributed by atoms with E-state index in [0.29, 0.717) is 12.8 Å². The van der Waals surface area contributed by atoms with Crippen molar-refractivity contribution in [2.45, 2.75) is 43.4 Å². The highest BCUT2D eigenvalue weighted by atomic mass is 32.2. The molecular weight excluding hydrogens is 386 g/mol. The Morgan fingerprint density at radius 3 is 2.54 bits per heavy atom. The molecule has 2 heterocycles. The van der Waals surface area contributed by atoms with Crippen molar-refractivity contribution in [2.75, 3.05) is 0 Å². The van der Waals surface area contributed by atoms with Gasteiger partial charge in [0.1, 0.15) is 5.75 Å². The van der Waals surface area contributed by atoms with Gasteiger partial charge in [-0.25, -0.2) is 4.31 Å². The summed E-state index contributed by atoms with van der Waals surface area (Å²) in [6.07, 6.45) is 0.899. The summed E-state index contributed by atoms with van der Waals surface area (Å²) < 4.78 is 31.0. The van der Waals surface area contributed by atoms with Crippen molar-refractivity contribution < 1.29 is 23.1 Å². The van der Waals surface area contributed by atoms with Crippen LogP contribution in [0, 0.1) is 0 Å². The molecule has 2 aromatic carbocycles. The highest BCUT2D eigenvalue weighted by Gasteiger charge is 2.29. The fraction of sp³-hybridized carbons (Fsp3) is 0.300. The maximum atomic E-state index is 12.2. The third-order valence-corrected chi connectivity index (χ3v) is 5.85. The van der Waals surface area contributed by atoms with Crippen LogP contribution in [0.25, 0.3) is 0 Å². The van der Waals surface area contributed by atoms with Gasteiger partial charge in [0, 0.05) is 24.4 Å². The number of imide groups is 1. The number of amides is 2. The molecule has 0 aromatic heterocycles. The van der Waals surface area contributed by atoms with Crippen LogP contribution in [0.3, 0.4) is 0 Å². The normalized spacial score (nSPS) is 19.6. The first-order valence-electron chi connectivity index (χ1n) is 8.91.